The van der Waals surface area contributed by atoms with Gasteiger partial charge < -0.3 is 10.1 Å². The Morgan fingerprint density at radius 1 is 1.08 bits per heavy atom. The first-order chi connectivity index (χ1) is 12.1. The topological polar surface area (TPSA) is 64.1 Å². The van der Waals surface area contributed by atoms with Crippen molar-refractivity contribution in [3.8, 4) is 11.5 Å². The van der Waals surface area contributed by atoms with E-state index in [4.69, 9.17) is 4.74 Å². The molecule has 25 heavy (non-hydrogen) atoms. The van der Waals surface area contributed by atoms with Gasteiger partial charge in [0.15, 0.2) is 4.34 Å². The Bertz CT molecular complexity index is 835. The molecule has 0 aliphatic rings. The second kappa shape index (κ2) is 8.13. The number of anilines is 2. The number of ketones is 1. The van der Waals surface area contributed by atoms with Gasteiger partial charge in [0.05, 0.1) is 5.25 Å². The first-order valence-corrected chi connectivity index (χ1v) is 9.40. The number of aromatic nitrogens is 2. The van der Waals surface area contributed by atoms with Gasteiger partial charge in [-0.1, -0.05) is 41.3 Å². The predicted molar refractivity (Wildman–Crippen MR) is 102 cm³/mol. The molecule has 0 radical (unpaired) electrons. The molecular formula is C18H17N3O2S2. The molecule has 0 amide bonds. The summed E-state index contributed by atoms with van der Waals surface area (Å²) in [5.74, 6) is 1.69. The van der Waals surface area contributed by atoms with Crippen molar-refractivity contribution in [3.05, 3.63) is 54.6 Å². The van der Waals surface area contributed by atoms with Gasteiger partial charge >= 0.3 is 0 Å². The van der Waals surface area contributed by atoms with Gasteiger partial charge in [-0.05, 0) is 50.2 Å². The molecule has 0 saturated carbocycles. The monoisotopic (exact) mass is 371 g/mol. The molecule has 0 aliphatic carbocycles. The number of carbonyl (C=O) groups is 1. The standard InChI is InChI=1S/C18H17N3O2S2/c1-12(22)13(2)24-18-21-20-17(25-18)19-14-8-10-16(11-9-14)23-15-6-4-3-5-7-15/h3-11,13H,1-2H3,(H,19,20). The zero-order valence-corrected chi connectivity index (χ0v) is 15.4. The summed E-state index contributed by atoms with van der Waals surface area (Å²) in [5.41, 5.74) is 0.896. The van der Waals surface area contributed by atoms with Gasteiger partial charge in [-0.15, -0.1) is 10.2 Å². The summed E-state index contributed by atoms with van der Waals surface area (Å²) < 4.78 is 6.54. The molecule has 3 rings (SSSR count). The molecule has 1 atom stereocenters. The van der Waals surface area contributed by atoms with E-state index in [1.807, 2.05) is 61.5 Å². The van der Waals surface area contributed by atoms with Crippen molar-refractivity contribution in [2.24, 2.45) is 0 Å². The van der Waals surface area contributed by atoms with Crippen molar-refractivity contribution < 1.29 is 9.53 Å². The van der Waals surface area contributed by atoms with E-state index in [0.717, 1.165) is 21.5 Å². The fraction of sp³-hybridized carbons (Fsp3) is 0.167. The van der Waals surface area contributed by atoms with Gasteiger partial charge in [-0.3, -0.25) is 4.79 Å². The Morgan fingerprint density at radius 2 is 1.76 bits per heavy atom. The molecule has 0 fully saturated rings. The average molecular weight is 371 g/mol. The zero-order valence-electron chi connectivity index (χ0n) is 13.8. The molecule has 1 heterocycles. The fourth-order valence-electron chi connectivity index (χ4n) is 1.90. The number of nitrogens with one attached hydrogen (secondary N) is 1. The van der Waals surface area contributed by atoms with Crippen LogP contribution in [-0.4, -0.2) is 21.2 Å². The molecule has 0 bridgehead atoms. The third kappa shape index (κ3) is 5.04. The molecule has 0 saturated heterocycles. The van der Waals surface area contributed by atoms with E-state index in [2.05, 4.69) is 15.5 Å². The summed E-state index contributed by atoms with van der Waals surface area (Å²) in [5, 5.41) is 12.0. The number of carbonyl (C=O) groups excluding carboxylic acids is 1. The molecular weight excluding hydrogens is 354 g/mol. The molecule has 0 spiro atoms. The second-order valence-corrected chi connectivity index (χ2v) is 7.87. The number of ether oxygens (including phenoxy) is 1. The SMILES string of the molecule is CC(=O)C(C)Sc1nnc(Nc2ccc(Oc3ccccc3)cc2)s1. The van der Waals surface area contributed by atoms with Crippen LogP contribution in [0.1, 0.15) is 13.8 Å². The number of Topliss-reactive ketones (excluding diaryl/α,β-unsaturated/α-hetero) is 1. The highest BCUT2D eigenvalue weighted by Gasteiger charge is 2.13. The van der Waals surface area contributed by atoms with Crippen molar-refractivity contribution in [1.29, 1.82) is 0 Å². The predicted octanol–water partition coefficient (Wildman–Crippen LogP) is 5.14. The zero-order chi connectivity index (χ0) is 17.6. The average Bonchev–Trinajstić information content (AvgIpc) is 3.04. The van der Waals surface area contributed by atoms with Crippen LogP contribution in [0.2, 0.25) is 0 Å². The van der Waals surface area contributed by atoms with Crippen LogP contribution in [0.25, 0.3) is 0 Å². The van der Waals surface area contributed by atoms with Crippen LogP contribution in [0.4, 0.5) is 10.8 Å². The molecule has 1 unspecified atom stereocenters. The minimum atomic E-state index is -0.116. The van der Waals surface area contributed by atoms with Crippen molar-refractivity contribution >= 4 is 39.7 Å². The van der Waals surface area contributed by atoms with Crippen LogP contribution in [0.5, 0.6) is 11.5 Å². The van der Waals surface area contributed by atoms with Crippen LogP contribution in [-0.2, 0) is 4.79 Å². The summed E-state index contributed by atoms with van der Waals surface area (Å²) in [7, 11) is 0. The highest BCUT2D eigenvalue weighted by atomic mass is 32.2. The van der Waals surface area contributed by atoms with Crippen LogP contribution in [0.3, 0.4) is 0 Å². The van der Waals surface area contributed by atoms with Crippen LogP contribution >= 0.6 is 23.1 Å². The lowest BCUT2D eigenvalue weighted by Gasteiger charge is -2.07. The van der Waals surface area contributed by atoms with Crippen LogP contribution in [0, 0.1) is 0 Å². The van der Waals surface area contributed by atoms with Gasteiger partial charge in [0.1, 0.15) is 17.3 Å². The van der Waals surface area contributed by atoms with Crippen molar-refractivity contribution in [3.63, 3.8) is 0 Å². The van der Waals surface area contributed by atoms with Crippen molar-refractivity contribution in [2.45, 2.75) is 23.4 Å². The second-order valence-electron chi connectivity index (χ2n) is 5.31. The minimum absolute atomic E-state index is 0.116. The Balaban J connectivity index is 1.60. The maximum Gasteiger partial charge on any atom is 0.210 e. The number of hydrogen-bond donors (Lipinski definition) is 1. The number of hydrogen-bond acceptors (Lipinski definition) is 7. The lowest BCUT2D eigenvalue weighted by Crippen LogP contribution is -2.07. The van der Waals surface area contributed by atoms with E-state index in [9.17, 15) is 4.79 Å². The minimum Gasteiger partial charge on any atom is -0.457 e. The molecule has 5 nitrogen and oxygen atoms in total. The van der Waals surface area contributed by atoms with E-state index in [-0.39, 0.29) is 11.0 Å². The highest BCUT2D eigenvalue weighted by molar-refractivity contribution is 8.02. The molecule has 1 aromatic heterocycles. The number of rotatable bonds is 7. The molecule has 1 N–H and O–H groups in total. The van der Waals surface area contributed by atoms with Crippen LogP contribution in [0.15, 0.2) is 58.9 Å². The fourth-order valence-corrected chi connectivity index (χ4v) is 3.81. The lowest BCUT2D eigenvalue weighted by molar-refractivity contribution is -0.116. The molecule has 7 heteroatoms. The van der Waals surface area contributed by atoms with Gasteiger partial charge in [0.25, 0.3) is 0 Å². The summed E-state index contributed by atoms with van der Waals surface area (Å²) in [6.07, 6.45) is 0. The largest absolute Gasteiger partial charge is 0.457 e. The summed E-state index contributed by atoms with van der Waals surface area (Å²) in [6, 6.07) is 17.3. The molecule has 2 aromatic carbocycles. The maximum atomic E-state index is 11.3. The summed E-state index contributed by atoms with van der Waals surface area (Å²) >= 11 is 2.85. The summed E-state index contributed by atoms with van der Waals surface area (Å²) in [6.45, 7) is 3.45. The van der Waals surface area contributed by atoms with E-state index >= 15 is 0 Å². The third-order valence-corrected chi connectivity index (χ3v) is 5.48. The first-order valence-electron chi connectivity index (χ1n) is 7.71. The van der Waals surface area contributed by atoms with Gasteiger partial charge in [-0.2, -0.15) is 0 Å². The van der Waals surface area contributed by atoms with Crippen molar-refractivity contribution in [2.75, 3.05) is 5.32 Å². The van der Waals surface area contributed by atoms with E-state index in [0.29, 0.717) is 5.13 Å². The molecule has 128 valence electrons. The quantitative estimate of drug-likeness (QED) is 0.580. The number of para-hydroxylation sites is 1. The van der Waals surface area contributed by atoms with Crippen LogP contribution < -0.4 is 10.1 Å². The van der Waals surface area contributed by atoms with E-state index in [1.54, 1.807) is 6.92 Å². The number of nitrogens with zero attached hydrogens (tertiary/aromatic N) is 2. The Kier molecular flexibility index (Phi) is 5.67. The summed E-state index contributed by atoms with van der Waals surface area (Å²) in [4.78, 5) is 11.3. The first kappa shape index (κ1) is 17.4. The lowest BCUT2D eigenvalue weighted by atomic mass is 10.3. The smallest absolute Gasteiger partial charge is 0.210 e. The van der Waals surface area contributed by atoms with Gasteiger partial charge in [0, 0.05) is 5.69 Å². The number of thioether (sulfide) groups is 1. The third-order valence-electron chi connectivity index (χ3n) is 3.34. The number of benzene rings is 2. The van der Waals surface area contributed by atoms with E-state index < -0.39 is 0 Å². The normalized spacial score (nSPS) is 11.8. The highest BCUT2D eigenvalue weighted by Crippen LogP contribution is 2.31. The van der Waals surface area contributed by atoms with E-state index in [1.165, 1.54) is 23.1 Å². The molecule has 0 aliphatic heterocycles. The van der Waals surface area contributed by atoms with Gasteiger partial charge in [-0.25, -0.2) is 0 Å². The van der Waals surface area contributed by atoms with Crippen molar-refractivity contribution in [1.82, 2.24) is 10.2 Å². The molecule has 3 aromatic rings. The Labute approximate surface area is 154 Å². The Hall–Kier alpha value is -2.38. The Morgan fingerprint density at radius 3 is 2.44 bits per heavy atom. The van der Waals surface area contributed by atoms with Gasteiger partial charge in [0.2, 0.25) is 5.13 Å². The maximum absolute atomic E-state index is 11.3.